The lowest BCUT2D eigenvalue weighted by Gasteiger charge is -2.33. The molecule has 29 heavy (non-hydrogen) atoms. The van der Waals surface area contributed by atoms with Gasteiger partial charge >= 0.3 is 0 Å². The van der Waals surface area contributed by atoms with Crippen LogP contribution in [0.2, 0.25) is 0 Å². The number of aromatic nitrogens is 4. The second-order valence-electron chi connectivity index (χ2n) is 7.28. The Bertz CT molecular complexity index is 1030. The van der Waals surface area contributed by atoms with E-state index in [0.717, 1.165) is 19.4 Å². The van der Waals surface area contributed by atoms with Gasteiger partial charge in [0.1, 0.15) is 10.7 Å². The summed E-state index contributed by atoms with van der Waals surface area (Å²) in [6, 6.07) is 2.90. The molecule has 10 nitrogen and oxygen atoms in total. The van der Waals surface area contributed by atoms with E-state index in [2.05, 4.69) is 14.9 Å². The first kappa shape index (κ1) is 21.5. The molecule has 0 bridgehead atoms. The summed E-state index contributed by atoms with van der Waals surface area (Å²) in [5.74, 6) is 0.651. The van der Waals surface area contributed by atoms with Crippen LogP contribution in [-0.4, -0.2) is 60.8 Å². The maximum Gasteiger partial charge on any atom is 0.266 e. The lowest BCUT2D eigenvalue weighted by Crippen LogP contribution is -2.48. The summed E-state index contributed by atoms with van der Waals surface area (Å²) in [5.41, 5.74) is 0.897. The smallest absolute Gasteiger partial charge is 0.266 e. The van der Waals surface area contributed by atoms with Crippen molar-refractivity contribution in [3.8, 4) is 0 Å². The van der Waals surface area contributed by atoms with E-state index in [1.54, 1.807) is 38.8 Å². The molecule has 0 aromatic carbocycles. The van der Waals surface area contributed by atoms with Gasteiger partial charge < -0.3 is 9.64 Å². The molecule has 160 valence electrons. The van der Waals surface area contributed by atoms with Crippen molar-refractivity contribution in [1.82, 2.24) is 24.3 Å². The van der Waals surface area contributed by atoms with Crippen LogP contribution in [0.15, 0.2) is 21.8 Å². The Labute approximate surface area is 170 Å². The normalized spacial score (nSPS) is 17.7. The summed E-state index contributed by atoms with van der Waals surface area (Å²) < 4.78 is 36.7. The molecule has 0 spiro atoms. The van der Waals surface area contributed by atoms with Gasteiger partial charge in [0.2, 0.25) is 10.0 Å². The third-order valence-electron chi connectivity index (χ3n) is 5.14. The van der Waals surface area contributed by atoms with Crippen LogP contribution < -0.4 is 15.2 Å². The highest BCUT2D eigenvalue weighted by molar-refractivity contribution is 7.89. The van der Waals surface area contributed by atoms with Crippen molar-refractivity contribution in [3.05, 3.63) is 33.9 Å². The van der Waals surface area contributed by atoms with Crippen LogP contribution in [0, 0.1) is 13.8 Å². The Morgan fingerprint density at radius 3 is 2.69 bits per heavy atom. The summed E-state index contributed by atoms with van der Waals surface area (Å²) in [4.78, 5) is 14.2. The SMILES string of the molecule is COCCn1nc(N2CCCC(NS(=O)(=O)c3c(C)nn(C)c3C)C2)ccc1=O. The fourth-order valence-corrected chi connectivity index (χ4v) is 5.35. The molecule has 2 aromatic heterocycles. The quantitative estimate of drug-likeness (QED) is 0.675. The summed E-state index contributed by atoms with van der Waals surface area (Å²) in [7, 11) is -0.384. The highest BCUT2D eigenvalue weighted by atomic mass is 32.2. The molecular formula is C18H28N6O4S. The molecular weight excluding hydrogens is 396 g/mol. The van der Waals surface area contributed by atoms with Crippen LogP contribution in [0.25, 0.3) is 0 Å². The number of rotatable bonds is 7. The van der Waals surface area contributed by atoms with Crippen LogP contribution in [0.1, 0.15) is 24.2 Å². The Balaban J connectivity index is 1.77. The number of nitrogens with zero attached hydrogens (tertiary/aromatic N) is 5. The average molecular weight is 425 g/mol. The van der Waals surface area contributed by atoms with E-state index in [9.17, 15) is 13.2 Å². The number of methoxy groups -OCH3 is 1. The van der Waals surface area contributed by atoms with Crippen molar-refractivity contribution in [1.29, 1.82) is 0 Å². The Hall–Kier alpha value is -2.24. The second-order valence-corrected chi connectivity index (χ2v) is 8.93. The van der Waals surface area contributed by atoms with Gasteiger partial charge in [0.25, 0.3) is 5.56 Å². The Kier molecular flexibility index (Phi) is 6.39. The molecule has 1 aliphatic rings. The first-order valence-electron chi connectivity index (χ1n) is 9.57. The maximum atomic E-state index is 13.0. The number of ether oxygens (including phenoxy) is 1. The van der Waals surface area contributed by atoms with E-state index < -0.39 is 10.0 Å². The zero-order chi connectivity index (χ0) is 21.2. The van der Waals surface area contributed by atoms with Crippen molar-refractivity contribution >= 4 is 15.8 Å². The minimum Gasteiger partial charge on any atom is -0.383 e. The third kappa shape index (κ3) is 4.68. The number of aryl methyl sites for hydroxylation is 2. The minimum atomic E-state index is -3.69. The number of hydrogen-bond acceptors (Lipinski definition) is 7. The molecule has 0 aliphatic carbocycles. The summed E-state index contributed by atoms with van der Waals surface area (Å²) in [6.45, 7) is 5.43. The highest BCUT2D eigenvalue weighted by Gasteiger charge is 2.29. The largest absolute Gasteiger partial charge is 0.383 e. The van der Waals surface area contributed by atoms with Crippen molar-refractivity contribution in [2.24, 2.45) is 7.05 Å². The van der Waals surface area contributed by atoms with Gasteiger partial charge in [-0.3, -0.25) is 9.48 Å². The van der Waals surface area contributed by atoms with Gasteiger partial charge in [-0.1, -0.05) is 0 Å². The van der Waals surface area contributed by atoms with Crippen LogP contribution >= 0.6 is 0 Å². The van der Waals surface area contributed by atoms with Gasteiger partial charge in [0, 0.05) is 39.4 Å². The second kappa shape index (κ2) is 8.64. The predicted octanol–water partition coefficient (Wildman–Crippen LogP) is 0.187. The van der Waals surface area contributed by atoms with Gasteiger partial charge in [-0.2, -0.15) is 10.2 Å². The van der Waals surface area contributed by atoms with Crippen LogP contribution in [0.5, 0.6) is 0 Å². The first-order valence-corrected chi connectivity index (χ1v) is 11.1. The van der Waals surface area contributed by atoms with E-state index in [4.69, 9.17) is 4.74 Å². The molecule has 0 saturated carbocycles. The molecule has 0 amide bonds. The van der Waals surface area contributed by atoms with Gasteiger partial charge in [-0.05, 0) is 32.8 Å². The molecule has 3 rings (SSSR count). The van der Waals surface area contributed by atoms with E-state index in [1.165, 1.54) is 10.7 Å². The van der Waals surface area contributed by atoms with E-state index in [1.807, 2.05) is 4.90 Å². The molecule has 2 aromatic rings. The highest BCUT2D eigenvalue weighted by Crippen LogP contribution is 2.22. The fraction of sp³-hybridized carbons (Fsp3) is 0.611. The van der Waals surface area contributed by atoms with Crippen LogP contribution in [-0.2, 0) is 28.4 Å². The van der Waals surface area contributed by atoms with Crippen molar-refractivity contribution < 1.29 is 13.2 Å². The molecule has 1 aliphatic heterocycles. The number of nitrogens with one attached hydrogen (secondary N) is 1. The van der Waals surface area contributed by atoms with Crippen LogP contribution in [0.3, 0.4) is 0 Å². The zero-order valence-corrected chi connectivity index (χ0v) is 18.1. The predicted molar refractivity (Wildman–Crippen MR) is 109 cm³/mol. The monoisotopic (exact) mass is 424 g/mol. The average Bonchev–Trinajstić information content (AvgIpc) is 2.93. The minimum absolute atomic E-state index is 0.192. The summed E-state index contributed by atoms with van der Waals surface area (Å²) in [5, 5.41) is 8.62. The van der Waals surface area contributed by atoms with E-state index in [-0.39, 0.29) is 16.5 Å². The van der Waals surface area contributed by atoms with Gasteiger partial charge in [0.05, 0.1) is 24.5 Å². The Morgan fingerprint density at radius 2 is 2.03 bits per heavy atom. The molecule has 3 heterocycles. The van der Waals surface area contributed by atoms with Crippen LogP contribution in [0.4, 0.5) is 5.82 Å². The molecule has 1 unspecified atom stereocenters. The van der Waals surface area contributed by atoms with Crippen molar-refractivity contribution in [2.45, 2.75) is 44.2 Å². The molecule has 1 N–H and O–H groups in total. The number of hydrogen-bond donors (Lipinski definition) is 1. The van der Waals surface area contributed by atoms with E-state index >= 15 is 0 Å². The lowest BCUT2D eigenvalue weighted by atomic mass is 10.1. The zero-order valence-electron chi connectivity index (χ0n) is 17.3. The Morgan fingerprint density at radius 1 is 1.28 bits per heavy atom. The van der Waals surface area contributed by atoms with Crippen molar-refractivity contribution in [2.75, 3.05) is 31.7 Å². The molecule has 1 fully saturated rings. The number of piperidine rings is 1. The van der Waals surface area contributed by atoms with Gasteiger partial charge in [-0.15, -0.1) is 0 Å². The molecule has 0 radical (unpaired) electrons. The standard InChI is InChI=1S/C18H28N6O4S/c1-13-18(14(2)22(3)19-13)29(26,27)21-15-6-5-9-23(12-15)16-7-8-17(25)24(20-16)10-11-28-4/h7-8,15,21H,5-6,9-12H2,1-4H3. The van der Waals surface area contributed by atoms with E-state index in [0.29, 0.717) is 36.9 Å². The third-order valence-corrected chi connectivity index (χ3v) is 6.91. The van der Waals surface area contributed by atoms with Gasteiger partial charge in [-0.25, -0.2) is 17.8 Å². The molecule has 1 saturated heterocycles. The number of anilines is 1. The molecule has 1 atom stereocenters. The maximum absolute atomic E-state index is 13.0. The topological polar surface area (TPSA) is 111 Å². The van der Waals surface area contributed by atoms with Crippen molar-refractivity contribution in [3.63, 3.8) is 0 Å². The summed E-state index contributed by atoms with van der Waals surface area (Å²) in [6.07, 6.45) is 1.55. The number of sulfonamides is 1. The lowest BCUT2D eigenvalue weighted by molar-refractivity contribution is 0.182. The van der Waals surface area contributed by atoms with Gasteiger partial charge in [0.15, 0.2) is 0 Å². The summed E-state index contributed by atoms with van der Waals surface area (Å²) >= 11 is 0. The fourth-order valence-electron chi connectivity index (χ4n) is 3.65. The first-order chi connectivity index (χ1) is 13.7. The molecule has 11 heteroatoms.